The predicted molar refractivity (Wildman–Crippen MR) is 85.2 cm³/mol. The Morgan fingerprint density at radius 2 is 1.82 bits per heavy atom. The summed E-state index contributed by atoms with van der Waals surface area (Å²) < 4.78 is 5.61. The molecular formula is C17H20N2O3. The third-order valence-corrected chi connectivity index (χ3v) is 3.21. The molecule has 2 aromatic carbocycles. The van der Waals surface area contributed by atoms with Crippen LogP contribution in [0.15, 0.2) is 42.5 Å². The Morgan fingerprint density at radius 3 is 2.55 bits per heavy atom. The second-order valence-corrected chi connectivity index (χ2v) is 5.06. The fraction of sp³-hybridized carbons (Fsp3) is 0.294. The lowest BCUT2D eigenvalue weighted by atomic mass is 10.1. The average Bonchev–Trinajstić information content (AvgIpc) is 2.52. The number of hydrogen-bond acceptors (Lipinski definition) is 3. The Hall–Kier alpha value is -2.56. The number of fused-ring (bicyclic) bond motifs is 1. The van der Waals surface area contributed by atoms with Gasteiger partial charge in [-0.25, -0.2) is 0 Å². The largest absolute Gasteiger partial charge is 0.481 e. The van der Waals surface area contributed by atoms with E-state index in [9.17, 15) is 9.59 Å². The zero-order valence-corrected chi connectivity index (χ0v) is 12.8. The highest BCUT2D eigenvalue weighted by Gasteiger charge is 2.15. The zero-order valence-electron chi connectivity index (χ0n) is 12.8. The summed E-state index contributed by atoms with van der Waals surface area (Å²) in [5, 5.41) is 2.16. The van der Waals surface area contributed by atoms with Crippen LogP contribution in [0.3, 0.4) is 0 Å². The number of amides is 2. The van der Waals surface area contributed by atoms with Crippen molar-refractivity contribution < 1.29 is 14.3 Å². The summed E-state index contributed by atoms with van der Waals surface area (Å²) in [6.07, 6.45) is 0.397. The molecule has 5 heteroatoms. The summed E-state index contributed by atoms with van der Waals surface area (Å²) in [6.45, 7) is 3.53. The second-order valence-electron chi connectivity index (χ2n) is 5.06. The average molecular weight is 300 g/mol. The molecule has 2 amide bonds. The van der Waals surface area contributed by atoms with Crippen LogP contribution in [0.4, 0.5) is 0 Å². The van der Waals surface area contributed by atoms with E-state index in [-0.39, 0.29) is 5.91 Å². The van der Waals surface area contributed by atoms with Crippen molar-refractivity contribution in [1.29, 1.82) is 0 Å². The Bertz CT molecular complexity index is 670. The number of ether oxygens (including phenoxy) is 1. The maximum absolute atomic E-state index is 11.9. The van der Waals surface area contributed by atoms with Gasteiger partial charge in [-0.15, -0.1) is 0 Å². The summed E-state index contributed by atoms with van der Waals surface area (Å²) in [5.74, 6) is 0.00704. The van der Waals surface area contributed by atoms with Crippen molar-refractivity contribution in [3.05, 3.63) is 42.5 Å². The number of nitrogens with one attached hydrogen (secondary N) is 2. The van der Waals surface area contributed by atoms with E-state index in [0.717, 1.165) is 17.2 Å². The number of hydrazine groups is 1. The molecule has 1 atom stereocenters. The van der Waals surface area contributed by atoms with Gasteiger partial charge in [0.1, 0.15) is 5.75 Å². The van der Waals surface area contributed by atoms with Gasteiger partial charge in [0.15, 0.2) is 6.10 Å². The maximum Gasteiger partial charge on any atom is 0.279 e. The fourth-order valence-corrected chi connectivity index (χ4v) is 2.02. The lowest BCUT2D eigenvalue weighted by Crippen LogP contribution is -2.47. The van der Waals surface area contributed by atoms with Crippen LogP contribution in [0.5, 0.6) is 5.75 Å². The summed E-state index contributed by atoms with van der Waals surface area (Å²) >= 11 is 0. The fourth-order valence-electron chi connectivity index (χ4n) is 2.02. The highest BCUT2D eigenvalue weighted by Crippen LogP contribution is 2.21. The van der Waals surface area contributed by atoms with Gasteiger partial charge in [0.2, 0.25) is 5.91 Å². The molecule has 0 radical (unpaired) electrons. The minimum absolute atomic E-state index is 0.214. The highest BCUT2D eigenvalue weighted by atomic mass is 16.5. The first kappa shape index (κ1) is 15.8. The number of carbonyl (C=O) groups is 2. The summed E-state index contributed by atoms with van der Waals surface area (Å²) in [5.41, 5.74) is 4.72. The molecule has 0 saturated heterocycles. The molecule has 0 heterocycles. The third-order valence-electron chi connectivity index (χ3n) is 3.21. The summed E-state index contributed by atoms with van der Waals surface area (Å²) in [4.78, 5) is 23.2. The van der Waals surface area contributed by atoms with Crippen molar-refractivity contribution in [2.45, 2.75) is 32.8 Å². The van der Waals surface area contributed by atoms with Gasteiger partial charge in [-0.2, -0.15) is 0 Å². The smallest absolute Gasteiger partial charge is 0.279 e. The zero-order chi connectivity index (χ0) is 15.9. The Morgan fingerprint density at radius 1 is 1.09 bits per heavy atom. The van der Waals surface area contributed by atoms with E-state index >= 15 is 0 Å². The van der Waals surface area contributed by atoms with Crippen molar-refractivity contribution in [2.24, 2.45) is 0 Å². The van der Waals surface area contributed by atoms with Crippen LogP contribution in [0.2, 0.25) is 0 Å². The Labute approximate surface area is 129 Å². The van der Waals surface area contributed by atoms with Gasteiger partial charge >= 0.3 is 0 Å². The van der Waals surface area contributed by atoms with Gasteiger partial charge in [0.25, 0.3) is 5.91 Å². The van der Waals surface area contributed by atoms with Crippen LogP contribution in [-0.2, 0) is 9.59 Å². The number of carbonyl (C=O) groups excluding carboxylic acids is 2. The molecule has 0 bridgehead atoms. The van der Waals surface area contributed by atoms with Gasteiger partial charge in [-0.3, -0.25) is 20.4 Å². The van der Waals surface area contributed by atoms with E-state index in [4.69, 9.17) is 4.74 Å². The second kappa shape index (κ2) is 7.45. The molecule has 0 fully saturated rings. The van der Waals surface area contributed by atoms with Crippen molar-refractivity contribution in [2.75, 3.05) is 0 Å². The Balaban J connectivity index is 1.93. The van der Waals surface area contributed by atoms with E-state index < -0.39 is 12.0 Å². The first-order valence-electron chi connectivity index (χ1n) is 7.34. The molecule has 5 nitrogen and oxygen atoms in total. The number of hydrogen-bond donors (Lipinski definition) is 2. The van der Waals surface area contributed by atoms with Crippen LogP contribution in [-0.4, -0.2) is 17.9 Å². The number of benzene rings is 2. The summed E-state index contributed by atoms with van der Waals surface area (Å²) in [6, 6.07) is 13.6. The SMILES string of the molecule is CCCC(=O)NNC(=O)[C@@H](C)Oc1ccc2ccccc2c1. The topological polar surface area (TPSA) is 67.4 Å². The van der Waals surface area contributed by atoms with E-state index in [0.29, 0.717) is 12.2 Å². The molecular weight excluding hydrogens is 280 g/mol. The maximum atomic E-state index is 11.9. The molecule has 2 aromatic rings. The predicted octanol–water partition coefficient (Wildman–Crippen LogP) is 2.55. The standard InChI is InChI=1S/C17H20N2O3/c1-3-6-16(20)18-19-17(21)12(2)22-15-10-9-13-7-4-5-8-14(13)11-15/h4-5,7-12H,3,6H2,1-2H3,(H,18,20)(H,19,21)/t12-/m1/s1. The normalized spacial score (nSPS) is 11.7. The minimum Gasteiger partial charge on any atom is -0.481 e. The molecule has 0 aromatic heterocycles. The molecule has 2 rings (SSSR count). The molecule has 0 saturated carbocycles. The van der Waals surface area contributed by atoms with Crippen LogP contribution < -0.4 is 15.6 Å². The first-order chi connectivity index (χ1) is 10.6. The third kappa shape index (κ3) is 4.22. The lowest BCUT2D eigenvalue weighted by Gasteiger charge is -2.15. The van der Waals surface area contributed by atoms with E-state index in [1.807, 2.05) is 49.4 Å². The van der Waals surface area contributed by atoms with E-state index in [2.05, 4.69) is 10.9 Å². The van der Waals surface area contributed by atoms with Gasteiger partial charge in [0.05, 0.1) is 0 Å². The minimum atomic E-state index is -0.705. The number of rotatable bonds is 5. The molecule has 22 heavy (non-hydrogen) atoms. The van der Waals surface area contributed by atoms with Crippen molar-refractivity contribution in [1.82, 2.24) is 10.9 Å². The van der Waals surface area contributed by atoms with Crippen molar-refractivity contribution in [3.8, 4) is 5.75 Å². The Kier molecular flexibility index (Phi) is 5.36. The lowest BCUT2D eigenvalue weighted by molar-refractivity contribution is -0.132. The van der Waals surface area contributed by atoms with Gasteiger partial charge in [0, 0.05) is 6.42 Å². The molecule has 116 valence electrons. The van der Waals surface area contributed by atoms with Crippen LogP contribution in [0.1, 0.15) is 26.7 Å². The van der Waals surface area contributed by atoms with Gasteiger partial charge < -0.3 is 4.74 Å². The van der Waals surface area contributed by atoms with Crippen LogP contribution >= 0.6 is 0 Å². The highest BCUT2D eigenvalue weighted by molar-refractivity contribution is 5.85. The molecule has 0 spiro atoms. The van der Waals surface area contributed by atoms with Crippen LogP contribution in [0.25, 0.3) is 10.8 Å². The van der Waals surface area contributed by atoms with Crippen LogP contribution in [0, 0.1) is 0 Å². The van der Waals surface area contributed by atoms with Crippen molar-refractivity contribution >= 4 is 22.6 Å². The van der Waals surface area contributed by atoms with Crippen molar-refractivity contribution in [3.63, 3.8) is 0 Å². The first-order valence-corrected chi connectivity index (χ1v) is 7.34. The van der Waals surface area contributed by atoms with Gasteiger partial charge in [-0.1, -0.05) is 37.3 Å². The molecule has 0 aliphatic carbocycles. The monoisotopic (exact) mass is 300 g/mol. The molecule has 0 aliphatic heterocycles. The quantitative estimate of drug-likeness (QED) is 0.834. The molecule has 0 aliphatic rings. The molecule has 2 N–H and O–H groups in total. The summed E-state index contributed by atoms with van der Waals surface area (Å²) in [7, 11) is 0. The van der Waals surface area contributed by atoms with Gasteiger partial charge in [-0.05, 0) is 36.2 Å². The van der Waals surface area contributed by atoms with E-state index in [1.165, 1.54) is 0 Å². The molecule has 0 unspecified atom stereocenters. The van der Waals surface area contributed by atoms with E-state index in [1.54, 1.807) is 6.92 Å².